The van der Waals surface area contributed by atoms with Gasteiger partial charge in [-0.05, 0) is 44.3 Å². The van der Waals surface area contributed by atoms with Crippen LogP contribution in [0.15, 0.2) is 60.7 Å². The number of benzene rings is 2. The number of hydrogen-bond acceptors (Lipinski definition) is 3. The molecular formula is C25H30N2O2. The summed E-state index contributed by atoms with van der Waals surface area (Å²) >= 11 is 0. The molecule has 4 rings (SSSR count). The minimum Gasteiger partial charge on any atom is -0.354 e. The molecule has 0 unspecified atom stereocenters. The third-order valence-electron chi connectivity index (χ3n) is 6.70. The zero-order chi connectivity index (χ0) is 20.1. The summed E-state index contributed by atoms with van der Waals surface area (Å²) in [5.74, 6) is 0.414. The highest BCUT2D eigenvalue weighted by atomic mass is 16.2. The fourth-order valence-corrected chi connectivity index (χ4v) is 4.68. The molecule has 1 N–H and O–H groups in total. The van der Waals surface area contributed by atoms with E-state index >= 15 is 0 Å². The molecule has 1 amide bonds. The Morgan fingerprint density at radius 1 is 0.931 bits per heavy atom. The van der Waals surface area contributed by atoms with Crippen LogP contribution in [0.3, 0.4) is 0 Å². The SMILES string of the molecule is O=C(CN1CCC(C(=O)c2ccccc2)CC1)NCC1(c2ccccc2)CCC1. The zero-order valence-electron chi connectivity index (χ0n) is 17.0. The lowest BCUT2D eigenvalue weighted by molar-refractivity contribution is -0.123. The van der Waals surface area contributed by atoms with Crippen LogP contribution >= 0.6 is 0 Å². The summed E-state index contributed by atoms with van der Waals surface area (Å²) in [7, 11) is 0. The minimum atomic E-state index is 0.0769. The van der Waals surface area contributed by atoms with Gasteiger partial charge < -0.3 is 5.32 Å². The van der Waals surface area contributed by atoms with Gasteiger partial charge in [0.1, 0.15) is 0 Å². The number of rotatable bonds is 7. The van der Waals surface area contributed by atoms with Crippen LogP contribution in [0.4, 0.5) is 0 Å². The third kappa shape index (κ3) is 4.59. The van der Waals surface area contributed by atoms with E-state index in [4.69, 9.17) is 0 Å². The Balaban J connectivity index is 1.24. The first-order valence-electron chi connectivity index (χ1n) is 10.8. The Morgan fingerprint density at radius 3 is 2.14 bits per heavy atom. The Kier molecular flexibility index (Phi) is 6.10. The minimum absolute atomic E-state index is 0.0769. The predicted molar refractivity (Wildman–Crippen MR) is 115 cm³/mol. The second-order valence-electron chi connectivity index (χ2n) is 8.56. The van der Waals surface area contributed by atoms with Crippen molar-refractivity contribution in [2.24, 2.45) is 5.92 Å². The molecule has 1 heterocycles. The van der Waals surface area contributed by atoms with E-state index in [1.807, 2.05) is 36.4 Å². The maximum atomic E-state index is 12.6. The molecule has 0 spiro atoms. The van der Waals surface area contributed by atoms with Gasteiger partial charge in [-0.25, -0.2) is 0 Å². The normalized spacial score (nSPS) is 19.3. The number of hydrogen-bond donors (Lipinski definition) is 1. The van der Waals surface area contributed by atoms with Gasteiger partial charge in [-0.2, -0.15) is 0 Å². The van der Waals surface area contributed by atoms with Gasteiger partial charge in [0, 0.05) is 23.4 Å². The number of piperidine rings is 1. The first-order chi connectivity index (χ1) is 14.2. The molecule has 2 fully saturated rings. The number of Topliss-reactive ketones (excluding diaryl/α,β-unsaturated/α-hetero) is 1. The van der Waals surface area contributed by atoms with E-state index in [9.17, 15) is 9.59 Å². The summed E-state index contributed by atoms with van der Waals surface area (Å²) in [5.41, 5.74) is 2.26. The molecule has 2 aliphatic rings. The van der Waals surface area contributed by atoms with Gasteiger partial charge in [-0.3, -0.25) is 14.5 Å². The van der Waals surface area contributed by atoms with Gasteiger partial charge in [-0.1, -0.05) is 67.1 Å². The van der Waals surface area contributed by atoms with Crippen molar-refractivity contribution in [2.45, 2.75) is 37.5 Å². The fourth-order valence-electron chi connectivity index (χ4n) is 4.68. The lowest BCUT2D eigenvalue weighted by Crippen LogP contribution is -2.48. The molecule has 1 saturated heterocycles. The van der Waals surface area contributed by atoms with E-state index in [1.54, 1.807) is 0 Å². The monoisotopic (exact) mass is 390 g/mol. The number of ketones is 1. The third-order valence-corrected chi connectivity index (χ3v) is 6.70. The maximum absolute atomic E-state index is 12.6. The second kappa shape index (κ2) is 8.91. The summed E-state index contributed by atoms with van der Waals surface area (Å²) in [4.78, 5) is 27.3. The highest BCUT2D eigenvalue weighted by molar-refractivity contribution is 5.97. The van der Waals surface area contributed by atoms with Crippen molar-refractivity contribution >= 4 is 11.7 Å². The van der Waals surface area contributed by atoms with Crippen molar-refractivity contribution < 1.29 is 9.59 Å². The van der Waals surface area contributed by atoms with Crippen molar-refractivity contribution in [1.82, 2.24) is 10.2 Å². The van der Waals surface area contributed by atoms with Gasteiger partial charge in [0.15, 0.2) is 5.78 Å². The van der Waals surface area contributed by atoms with Crippen molar-refractivity contribution in [3.05, 3.63) is 71.8 Å². The molecule has 1 aliphatic heterocycles. The van der Waals surface area contributed by atoms with Gasteiger partial charge in [0.05, 0.1) is 6.54 Å². The first kappa shape index (κ1) is 19.8. The van der Waals surface area contributed by atoms with Crippen LogP contribution in [0.5, 0.6) is 0 Å². The van der Waals surface area contributed by atoms with E-state index in [0.29, 0.717) is 6.54 Å². The van der Waals surface area contributed by atoms with E-state index in [-0.39, 0.29) is 23.0 Å². The molecule has 0 radical (unpaired) electrons. The standard InChI is InChI=1S/C25H30N2O2/c28-23(26-19-25(14-7-15-25)22-10-5-2-6-11-22)18-27-16-12-21(13-17-27)24(29)20-8-3-1-4-9-20/h1-6,8-11,21H,7,12-19H2,(H,26,28). The van der Waals surface area contributed by atoms with Crippen LogP contribution in [0.1, 0.15) is 48.0 Å². The van der Waals surface area contributed by atoms with Crippen LogP contribution < -0.4 is 5.32 Å². The van der Waals surface area contributed by atoms with Gasteiger partial charge in [0.25, 0.3) is 0 Å². The number of carbonyl (C=O) groups excluding carboxylic acids is 2. The highest BCUT2D eigenvalue weighted by Crippen LogP contribution is 2.43. The van der Waals surface area contributed by atoms with E-state index in [1.165, 1.54) is 12.0 Å². The average molecular weight is 391 g/mol. The van der Waals surface area contributed by atoms with Crippen molar-refractivity contribution in [2.75, 3.05) is 26.2 Å². The summed E-state index contributed by atoms with van der Waals surface area (Å²) in [6.07, 6.45) is 5.17. The molecule has 4 nitrogen and oxygen atoms in total. The summed E-state index contributed by atoms with van der Waals surface area (Å²) in [6.45, 7) is 2.76. The van der Waals surface area contributed by atoms with E-state index in [2.05, 4.69) is 34.5 Å². The van der Waals surface area contributed by atoms with Crippen LogP contribution in [0.25, 0.3) is 0 Å². The van der Waals surface area contributed by atoms with Crippen molar-refractivity contribution in [1.29, 1.82) is 0 Å². The second-order valence-corrected chi connectivity index (χ2v) is 8.56. The molecular weight excluding hydrogens is 360 g/mol. The molecule has 29 heavy (non-hydrogen) atoms. The Labute approximate surface area is 173 Å². The predicted octanol–water partition coefficient (Wildman–Crippen LogP) is 3.82. The van der Waals surface area contributed by atoms with Gasteiger partial charge >= 0.3 is 0 Å². The van der Waals surface area contributed by atoms with Crippen LogP contribution in [0, 0.1) is 5.92 Å². The number of nitrogens with one attached hydrogen (secondary N) is 1. The molecule has 0 aromatic heterocycles. The van der Waals surface area contributed by atoms with Crippen molar-refractivity contribution in [3.63, 3.8) is 0 Å². The molecule has 1 aliphatic carbocycles. The molecule has 4 heteroatoms. The van der Waals surface area contributed by atoms with E-state index in [0.717, 1.165) is 50.9 Å². The van der Waals surface area contributed by atoms with Crippen molar-refractivity contribution in [3.8, 4) is 0 Å². The Hall–Kier alpha value is -2.46. The molecule has 2 aromatic carbocycles. The topological polar surface area (TPSA) is 49.4 Å². The number of nitrogens with zero attached hydrogens (tertiary/aromatic N) is 1. The maximum Gasteiger partial charge on any atom is 0.234 e. The fraction of sp³-hybridized carbons (Fsp3) is 0.440. The molecule has 152 valence electrons. The molecule has 2 aromatic rings. The summed E-state index contributed by atoms with van der Waals surface area (Å²) in [6, 6.07) is 20.1. The molecule has 0 atom stereocenters. The zero-order valence-corrected chi connectivity index (χ0v) is 17.0. The van der Waals surface area contributed by atoms with Gasteiger partial charge in [0.2, 0.25) is 5.91 Å². The molecule has 1 saturated carbocycles. The van der Waals surface area contributed by atoms with Crippen LogP contribution in [0.2, 0.25) is 0 Å². The first-order valence-corrected chi connectivity index (χ1v) is 10.8. The quantitative estimate of drug-likeness (QED) is 0.731. The lowest BCUT2D eigenvalue weighted by atomic mass is 9.64. The number of likely N-dealkylation sites (tertiary alicyclic amines) is 1. The van der Waals surface area contributed by atoms with Crippen LogP contribution in [-0.2, 0) is 10.2 Å². The summed E-state index contributed by atoms with van der Waals surface area (Å²) in [5, 5.41) is 3.18. The largest absolute Gasteiger partial charge is 0.354 e. The highest BCUT2D eigenvalue weighted by Gasteiger charge is 2.38. The molecule has 0 bridgehead atoms. The van der Waals surface area contributed by atoms with E-state index < -0.39 is 0 Å². The Bertz CT molecular complexity index is 822. The Morgan fingerprint density at radius 2 is 1.55 bits per heavy atom. The van der Waals surface area contributed by atoms with Crippen LogP contribution in [-0.4, -0.2) is 42.8 Å². The van der Waals surface area contributed by atoms with Gasteiger partial charge in [-0.15, -0.1) is 0 Å². The number of amides is 1. The average Bonchev–Trinajstić information content (AvgIpc) is 2.74. The smallest absolute Gasteiger partial charge is 0.234 e. The lowest BCUT2D eigenvalue weighted by Gasteiger charge is -2.42. The number of carbonyl (C=O) groups is 2. The summed E-state index contributed by atoms with van der Waals surface area (Å²) < 4.78 is 0.